The molecule has 166 valence electrons. The zero-order valence-electron chi connectivity index (χ0n) is 17.3. The molecule has 0 fully saturated rings. The molecular formula is C25H17Cl3N2O3. The fourth-order valence-corrected chi connectivity index (χ4v) is 3.83. The number of fused-ring (bicyclic) bond motifs is 1. The van der Waals surface area contributed by atoms with E-state index in [1.807, 2.05) is 48.5 Å². The van der Waals surface area contributed by atoms with Gasteiger partial charge in [-0.15, -0.1) is 0 Å². The lowest BCUT2D eigenvalue weighted by molar-refractivity contribution is -0.123. The van der Waals surface area contributed by atoms with Crippen molar-refractivity contribution in [3.63, 3.8) is 0 Å². The molecule has 4 aromatic rings. The van der Waals surface area contributed by atoms with Gasteiger partial charge in [-0.2, -0.15) is 0 Å². The van der Waals surface area contributed by atoms with E-state index in [0.29, 0.717) is 22.2 Å². The van der Waals surface area contributed by atoms with Gasteiger partial charge in [0.05, 0.1) is 37.5 Å². The summed E-state index contributed by atoms with van der Waals surface area (Å²) in [7, 11) is 0. The highest BCUT2D eigenvalue weighted by molar-refractivity contribution is 6.44. The van der Waals surface area contributed by atoms with E-state index in [0.717, 1.165) is 5.56 Å². The van der Waals surface area contributed by atoms with Crippen molar-refractivity contribution in [3.8, 4) is 11.3 Å². The molecule has 5 nitrogen and oxygen atoms in total. The van der Waals surface area contributed by atoms with Crippen molar-refractivity contribution in [1.29, 1.82) is 0 Å². The Morgan fingerprint density at radius 1 is 0.879 bits per heavy atom. The minimum Gasteiger partial charge on any atom is -0.449 e. The Bertz CT molecular complexity index is 1360. The molecule has 0 spiro atoms. The number of para-hydroxylation sites is 1. The number of esters is 1. The highest BCUT2D eigenvalue weighted by atomic mass is 35.5. The molecule has 0 aliphatic carbocycles. The normalized spacial score (nSPS) is 11.8. The van der Waals surface area contributed by atoms with E-state index in [4.69, 9.17) is 39.5 Å². The first-order valence-electron chi connectivity index (χ1n) is 9.95. The third kappa shape index (κ3) is 5.11. The number of rotatable bonds is 5. The minimum absolute atomic E-state index is 0.212. The van der Waals surface area contributed by atoms with E-state index >= 15 is 0 Å². The van der Waals surface area contributed by atoms with E-state index in [1.54, 1.807) is 12.1 Å². The first-order chi connectivity index (χ1) is 15.8. The molecule has 0 aliphatic heterocycles. The monoisotopic (exact) mass is 498 g/mol. The Morgan fingerprint density at radius 2 is 1.55 bits per heavy atom. The van der Waals surface area contributed by atoms with Crippen LogP contribution in [0.3, 0.4) is 0 Å². The molecule has 4 rings (SSSR count). The number of carbonyl (C=O) groups is 2. The van der Waals surface area contributed by atoms with E-state index in [-0.39, 0.29) is 20.8 Å². The topological polar surface area (TPSA) is 68.3 Å². The summed E-state index contributed by atoms with van der Waals surface area (Å²) in [5.41, 5.74) is 2.70. The van der Waals surface area contributed by atoms with Crippen LogP contribution in [0.2, 0.25) is 15.1 Å². The van der Waals surface area contributed by atoms with E-state index in [1.165, 1.54) is 19.1 Å². The smallest absolute Gasteiger partial charge is 0.339 e. The summed E-state index contributed by atoms with van der Waals surface area (Å²) in [6.45, 7) is 1.47. The van der Waals surface area contributed by atoms with Gasteiger partial charge in [-0.3, -0.25) is 4.79 Å². The van der Waals surface area contributed by atoms with Gasteiger partial charge in [-0.1, -0.05) is 83.3 Å². The van der Waals surface area contributed by atoms with Gasteiger partial charge < -0.3 is 10.1 Å². The summed E-state index contributed by atoms with van der Waals surface area (Å²) in [6, 6.07) is 21.3. The number of benzene rings is 3. The van der Waals surface area contributed by atoms with Gasteiger partial charge in [0, 0.05) is 10.9 Å². The minimum atomic E-state index is -1.10. The molecule has 3 aromatic carbocycles. The Morgan fingerprint density at radius 3 is 2.30 bits per heavy atom. The van der Waals surface area contributed by atoms with Crippen molar-refractivity contribution in [1.82, 2.24) is 4.98 Å². The lowest BCUT2D eigenvalue weighted by atomic mass is 10.0. The summed E-state index contributed by atoms with van der Waals surface area (Å²) in [6.07, 6.45) is -1.10. The molecule has 0 saturated carbocycles. The summed E-state index contributed by atoms with van der Waals surface area (Å²) < 4.78 is 5.48. The molecule has 8 heteroatoms. The second kappa shape index (κ2) is 9.79. The van der Waals surface area contributed by atoms with Gasteiger partial charge in [0.25, 0.3) is 5.91 Å². The van der Waals surface area contributed by atoms with Crippen LogP contribution in [0, 0.1) is 0 Å². The second-order valence-electron chi connectivity index (χ2n) is 7.22. The fourth-order valence-electron chi connectivity index (χ4n) is 3.23. The molecule has 0 radical (unpaired) electrons. The fraction of sp³-hybridized carbons (Fsp3) is 0.0800. The molecule has 1 atom stereocenters. The van der Waals surface area contributed by atoms with Gasteiger partial charge in [-0.25, -0.2) is 9.78 Å². The zero-order chi connectivity index (χ0) is 23.5. The average molecular weight is 500 g/mol. The van der Waals surface area contributed by atoms with Crippen LogP contribution in [0.1, 0.15) is 17.3 Å². The molecule has 1 N–H and O–H groups in total. The lowest BCUT2D eigenvalue weighted by Crippen LogP contribution is -2.30. The molecule has 1 heterocycles. The highest BCUT2D eigenvalue weighted by Gasteiger charge is 2.22. The zero-order valence-corrected chi connectivity index (χ0v) is 19.6. The number of nitrogens with zero attached hydrogens (tertiary/aromatic N) is 1. The summed E-state index contributed by atoms with van der Waals surface area (Å²) >= 11 is 18.0. The molecule has 33 heavy (non-hydrogen) atoms. The maximum atomic E-state index is 13.1. The summed E-state index contributed by atoms with van der Waals surface area (Å²) in [5.74, 6) is -1.21. The van der Waals surface area contributed by atoms with Gasteiger partial charge in [0.1, 0.15) is 0 Å². The van der Waals surface area contributed by atoms with E-state index < -0.39 is 18.0 Å². The Labute approximate surface area is 205 Å². The number of nitrogens with one attached hydrogen (secondary N) is 1. The van der Waals surface area contributed by atoms with Crippen molar-refractivity contribution in [2.45, 2.75) is 13.0 Å². The van der Waals surface area contributed by atoms with Crippen LogP contribution in [-0.4, -0.2) is 23.0 Å². The van der Waals surface area contributed by atoms with E-state index in [2.05, 4.69) is 10.3 Å². The SMILES string of the molecule is CC(OC(=O)c1cc(-c2ccccc2)nc2ccccc12)C(=O)Nc1cc(Cl)c(Cl)cc1Cl. The van der Waals surface area contributed by atoms with Crippen LogP contribution in [0.4, 0.5) is 5.69 Å². The number of hydrogen-bond acceptors (Lipinski definition) is 4. The van der Waals surface area contributed by atoms with Crippen molar-refractivity contribution < 1.29 is 14.3 Å². The maximum Gasteiger partial charge on any atom is 0.339 e. The van der Waals surface area contributed by atoms with Crippen LogP contribution in [0.15, 0.2) is 72.8 Å². The maximum absolute atomic E-state index is 13.1. The lowest BCUT2D eigenvalue weighted by Gasteiger charge is -2.16. The molecule has 1 aromatic heterocycles. The molecule has 0 aliphatic rings. The number of halogens is 3. The standard InChI is InChI=1S/C25H17Cl3N2O3/c1-14(24(31)30-23-13-19(27)18(26)12-20(23)28)33-25(32)17-11-22(15-7-3-2-4-8-15)29-21-10-6-5-9-16(17)21/h2-14H,1H3,(H,30,31). The van der Waals surface area contributed by atoms with Crippen LogP contribution < -0.4 is 5.32 Å². The van der Waals surface area contributed by atoms with Crippen molar-refractivity contribution in [2.24, 2.45) is 0 Å². The number of amides is 1. The Kier molecular flexibility index (Phi) is 6.84. The Hall–Kier alpha value is -3.12. The number of pyridine rings is 1. The first kappa shape index (κ1) is 23.1. The second-order valence-corrected chi connectivity index (χ2v) is 8.44. The third-order valence-corrected chi connectivity index (χ3v) is 5.96. The van der Waals surface area contributed by atoms with Crippen molar-refractivity contribution in [3.05, 3.63) is 93.4 Å². The number of anilines is 1. The number of carbonyl (C=O) groups excluding carboxylic acids is 2. The molecule has 0 saturated heterocycles. The van der Waals surface area contributed by atoms with Crippen molar-refractivity contribution in [2.75, 3.05) is 5.32 Å². The molecule has 1 amide bonds. The molecule has 1 unspecified atom stereocenters. The number of ether oxygens (including phenoxy) is 1. The third-order valence-electron chi connectivity index (χ3n) is 4.93. The highest BCUT2D eigenvalue weighted by Crippen LogP contribution is 2.32. The predicted molar refractivity (Wildman–Crippen MR) is 132 cm³/mol. The first-order valence-corrected chi connectivity index (χ1v) is 11.1. The van der Waals surface area contributed by atoms with Gasteiger partial charge in [0.2, 0.25) is 0 Å². The van der Waals surface area contributed by atoms with Crippen molar-refractivity contribution >= 4 is 63.3 Å². The van der Waals surface area contributed by atoms with Crippen LogP contribution in [-0.2, 0) is 9.53 Å². The van der Waals surface area contributed by atoms with Crippen LogP contribution in [0.25, 0.3) is 22.2 Å². The molecular weight excluding hydrogens is 483 g/mol. The summed E-state index contributed by atoms with van der Waals surface area (Å²) in [4.78, 5) is 30.4. The van der Waals surface area contributed by atoms with Crippen LogP contribution in [0.5, 0.6) is 0 Å². The number of hydrogen-bond donors (Lipinski definition) is 1. The largest absolute Gasteiger partial charge is 0.449 e. The summed E-state index contributed by atoms with van der Waals surface area (Å²) in [5, 5.41) is 3.94. The van der Waals surface area contributed by atoms with E-state index in [9.17, 15) is 9.59 Å². The average Bonchev–Trinajstić information content (AvgIpc) is 2.82. The molecule has 0 bridgehead atoms. The predicted octanol–water partition coefficient (Wildman–Crippen LogP) is 7.05. The van der Waals surface area contributed by atoms with Gasteiger partial charge in [0.15, 0.2) is 6.10 Å². The quantitative estimate of drug-likeness (QED) is 0.236. The van der Waals surface area contributed by atoms with Crippen LogP contribution >= 0.6 is 34.8 Å². The Balaban J connectivity index is 1.59. The number of aromatic nitrogens is 1. The van der Waals surface area contributed by atoms with Gasteiger partial charge in [-0.05, 0) is 31.2 Å². The van der Waals surface area contributed by atoms with Gasteiger partial charge >= 0.3 is 5.97 Å².